The van der Waals surface area contributed by atoms with Crippen molar-refractivity contribution in [3.05, 3.63) is 0 Å². The van der Waals surface area contributed by atoms with E-state index in [1.165, 1.54) is 0 Å². The third-order valence-electron chi connectivity index (χ3n) is 3.67. The van der Waals surface area contributed by atoms with Crippen LogP contribution in [-0.2, 0) is 14.3 Å². The molecule has 0 saturated carbocycles. The Labute approximate surface area is 96.9 Å². The van der Waals surface area contributed by atoms with Crippen LogP contribution < -0.4 is 0 Å². The molecule has 0 aromatic rings. The third-order valence-corrected chi connectivity index (χ3v) is 3.67. The minimum atomic E-state index is -0.0473. The summed E-state index contributed by atoms with van der Waals surface area (Å²) in [5.74, 6) is 1.42. The van der Waals surface area contributed by atoms with Gasteiger partial charge in [-0.25, -0.2) is 0 Å². The van der Waals surface area contributed by atoms with Crippen LogP contribution in [0.4, 0.5) is 0 Å². The smallest absolute Gasteiger partial charge is 0.306 e. The van der Waals surface area contributed by atoms with Crippen LogP contribution in [0.1, 0.15) is 13.3 Å². The van der Waals surface area contributed by atoms with Crippen LogP contribution in [0.25, 0.3) is 0 Å². The molecule has 2 saturated heterocycles. The molecule has 2 rings (SSSR count). The van der Waals surface area contributed by atoms with Crippen molar-refractivity contribution in [2.24, 2.45) is 17.8 Å². The van der Waals surface area contributed by atoms with Gasteiger partial charge in [0.2, 0.25) is 0 Å². The summed E-state index contributed by atoms with van der Waals surface area (Å²) in [5, 5.41) is 0. The van der Waals surface area contributed by atoms with Gasteiger partial charge in [0.1, 0.15) is 0 Å². The molecule has 16 heavy (non-hydrogen) atoms. The number of rotatable bonds is 3. The lowest BCUT2D eigenvalue weighted by Crippen LogP contribution is -2.51. The normalized spacial score (nSPS) is 34.8. The third kappa shape index (κ3) is 2.55. The number of likely N-dealkylation sites (tertiary alicyclic amines) is 1. The molecule has 2 aliphatic rings. The molecule has 0 N–H and O–H groups in total. The quantitative estimate of drug-likeness (QED) is 0.667. The van der Waals surface area contributed by atoms with E-state index in [2.05, 4.69) is 11.9 Å². The summed E-state index contributed by atoms with van der Waals surface area (Å²) < 4.78 is 10.6. The second-order valence-corrected chi connectivity index (χ2v) is 4.95. The van der Waals surface area contributed by atoms with Gasteiger partial charge in [0.25, 0.3) is 0 Å². The first kappa shape index (κ1) is 11.9. The average Bonchev–Trinajstić information content (AvgIpc) is 2.19. The summed E-state index contributed by atoms with van der Waals surface area (Å²) in [7, 11) is 2.14. The first-order valence-corrected chi connectivity index (χ1v) is 6.12. The van der Waals surface area contributed by atoms with Crippen LogP contribution in [0.5, 0.6) is 0 Å². The van der Waals surface area contributed by atoms with E-state index >= 15 is 0 Å². The fourth-order valence-electron chi connectivity index (χ4n) is 3.00. The molecule has 2 aliphatic heterocycles. The van der Waals surface area contributed by atoms with E-state index in [-0.39, 0.29) is 5.97 Å². The minimum Gasteiger partial charge on any atom is -0.466 e. The molecule has 2 fully saturated rings. The van der Waals surface area contributed by atoms with Crippen molar-refractivity contribution < 1.29 is 14.3 Å². The van der Waals surface area contributed by atoms with Crippen molar-refractivity contribution in [3.63, 3.8) is 0 Å². The van der Waals surface area contributed by atoms with Gasteiger partial charge in [0.05, 0.1) is 19.8 Å². The van der Waals surface area contributed by atoms with Gasteiger partial charge in [-0.05, 0) is 31.7 Å². The Bertz CT molecular complexity index is 243. The van der Waals surface area contributed by atoms with Gasteiger partial charge in [-0.2, -0.15) is 0 Å². The number of carbonyl (C=O) groups excluding carboxylic acids is 1. The summed E-state index contributed by atoms with van der Waals surface area (Å²) in [6.45, 7) is 6.02. The number of esters is 1. The number of carbonyl (C=O) groups is 1. The van der Waals surface area contributed by atoms with Crippen molar-refractivity contribution in [2.75, 3.05) is 40.0 Å². The molecule has 0 aromatic heterocycles. The van der Waals surface area contributed by atoms with Crippen molar-refractivity contribution in [1.29, 1.82) is 0 Å². The van der Waals surface area contributed by atoms with Gasteiger partial charge < -0.3 is 14.4 Å². The lowest BCUT2D eigenvalue weighted by atomic mass is 9.75. The largest absolute Gasteiger partial charge is 0.466 e. The van der Waals surface area contributed by atoms with Crippen LogP contribution in [-0.4, -0.2) is 50.8 Å². The van der Waals surface area contributed by atoms with Crippen LogP contribution in [0.3, 0.4) is 0 Å². The number of ether oxygens (including phenoxy) is 2. The molecule has 2 bridgehead atoms. The zero-order valence-corrected chi connectivity index (χ0v) is 10.1. The zero-order chi connectivity index (χ0) is 11.5. The van der Waals surface area contributed by atoms with Crippen LogP contribution >= 0.6 is 0 Å². The van der Waals surface area contributed by atoms with E-state index in [4.69, 9.17) is 9.47 Å². The highest BCUT2D eigenvalue weighted by atomic mass is 16.5. The molecule has 0 aliphatic carbocycles. The fraction of sp³-hybridized carbons (Fsp3) is 0.917. The van der Waals surface area contributed by atoms with E-state index in [0.29, 0.717) is 30.8 Å². The lowest BCUT2D eigenvalue weighted by molar-refractivity contribution is -0.149. The van der Waals surface area contributed by atoms with E-state index in [1.54, 1.807) is 0 Å². The van der Waals surface area contributed by atoms with Gasteiger partial charge >= 0.3 is 5.97 Å². The Morgan fingerprint density at radius 3 is 2.56 bits per heavy atom. The molecule has 0 spiro atoms. The SMILES string of the molecule is CCOC(=O)CC1C2COCC1CN(C)C2. The maximum absolute atomic E-state index is 11.5. The standard InChI is InChI=1S/C12H21NO3/c1-3-16-12(14)4-11-9-5-13(2)6-10(11)8-15-7-9/h9-11H,3-8H2,1-2H3. The lowest BCUT2D eigenvalue weighted by Gasteiger charge is -2.45. The van der Waals surface area contributed by atoms with Crippen LogP contribution in [0.15, 0.2) is 0 Å². The summed E-state index contributed by atoms with van der Waals surface area (Å²) >= 11 is 0. The molecule has 0 radical (unpaired) electrons. The van der Waals surface area contributed by atoms with Crippen molar-refractivity contribution in [1.82, 2.24) is 4.90 Å². The van der Waals surface area contributed by atoms with Gasteiger partial charge in [-0.3, -0.25) is 4.79 Å². The highest BCUT2D eigenvalue weighted by Crippen LogP contribution is 2.35. The monoisotopic (exact) mass is 227 g/mol. The maximum atomic E-state index is 11.5. The van der Waals surface area contributed by atoms with Gasteiger partial charge in [-0.1, -0.05) is 0 Å². The molecule has 92 valence electrons. The van der Waals surface area contributed by atoms with E-state index in [9.17, 15) is 4.79 Å². The molecular weight excluding hydrogens is 206 g/mol. The van der Waals surface area contributed by atoms with Crippen LogP contribution in [0, 0.1) is 17.8 Å². The van der Waals surface area contributed by atoms with E-state index in [0.717, 1.165) is 26.3 Å². The highest BCUT2D eigenvalue weighted by Gasteiger charge is 2.40. The maximum Gasteiger partial charge on any atom is 0.306 e. The minimum absolute atomic E-state index is 0.0473. The second kappa shape index (κ2) is 5.15. The van der Waals surface area contributed by atoms with Crippen molar-refractivity contribution >= 4 is 5.97 Å². The Morgan fingerprint density at radius 2 is 2.00 bits per heavy atom. The van der Waals surface area contributed by atoms with E-state index in [1.807, 2.05) is 6.92 Å². The number of piperidine rings is 1. The second-order valence-electron chi connectivity index (χ2n) is 4.95. The van der Waals surface area contributed by atoms with Gasteiger partial charge in [0.15, 0.2) is 0 Å². The first-order chi connectivity index (χ1) is 7.70. The molecule has 2 atom stereocenters. The van der Waals surface area contributed by atoms with Crippen LogP contribution in [0.2, 0.25) is 0 Å². The van der Waals surface area contributed by atoms with Gasteiger partial charge in [-0.15, -0.1) is 0 Å². The molecule has 4 nitrogen and oxygen atoms in total. The Morgan fingerprint density at radius 1 is 1.38 bits per heavy atom. The van der Waals surface area contributed by atoms with Gasteiger partial charge in [0, 0.05) is 19.5 Å². The molecule has 4 heteroatoms. The Balaban J connectivity index is 1.95. The highest BCUT2D eigenvalue weighted by molar-refractivity contribution is 5.69. The first-order valence-electron chi connectivity index (χ1n) is 6.12. The summed E-state index contributed by atoms with van der Waals surface area (Å²) in [6.07, 6.45) is 0.570. The average molecular weight is 227 g/mol. The topological polar surface area (TPSA) is 38.8 Å². The molecule has 0 amide bonds. The molecular formula is C12H21NO3. The number of hydrogen-bond acceptors (Lipinski definition) is 4. The molecule has 2 heterocycles. The Kier molecular flexibility index (Phi) is 3.82. The summed E-state index contributed by atoms with van der Waals surface area (Å²) in [5.41, 5.74) is 0. The number of nitrogens with zero attached hydrogens (tertiary/aromatic N) is 1. The molecule has 0 aromatic carbocycles. The predicted molar refractivity (Wildman–Crippen MR) is 60.0 cm³/mol. The number of fused-ring (bicyclic) bond motifs is 2. The summed E-state index contributed by atoms with van der Waals surface area (Å²) in [6, 6.07) is 0. The predicted octanol–water partition coefficient (Wildman–Crippen LogP) is 0.764. The summed E-state index contributed by atoms with van der Waals surface area (Å²) in [4.78, 5) is 13.9. The Hall–Kier alpha value is -0.610. The van der Waals surface area contributed by atoms with E-state index < -0.39 is 0 Å². The van der Waals surface area contributed by atoms with Crippen molar-refractivity contribution in [3.8, 4) is 0 Å². The van der Waals surface area contributed by atoms with Crippen molar-refractivity contribution in [2.45, 2.75) is 13.3 Å². The fourth-order valence-corrected chi connectivity index (χ4v) is 3.00. The number of hydrogen-bond donors (Lipinski definition) is 0. The zero-order valence-electron chi connectivity index (χ0n) is 10.1. The molecule has 2 unspecified atom stereocenters.